The summed E-state index contributed by atoms with van der Waals surface area (Å²) >= 11 is 1.72. The smallest absolute Gasteiger partial charge is 0.193 e. The average molecular weight is 332 g/mol. The molecule has 4 aromatic rings. The van der Waals surface area contributed by atoms with E-state index in [-0.39, 0.29) is 0 Å². The second-order valence-electron chi connectivity index (χ2n) is 5.40. The molecule has 0 aliphatic rings. The van der Waals surface area contributed by atoms with Crippen molar-refractivity contribution in [2.45, 2.75) is 11.4 Å². The summed E-state index contributed by atoms with van der Waals surface area (Å²) < 4.78 is 2.01. The molecule has 0 unspecified atom stereocenters. The molecule has 2 aromatic carbocycles. The van der Waals surface area contributed by atoms with Crippen LogP contribution in [0.2, 0.25) is 0 Å². The van der Waals surface area contributed by atoms with Crippen molar-refractivity contribution in [3.63, 3.8) is 0 Å². The first-order valence-corrected chi connectivity index (χ1v) is 8.82. The van der Waals surface area contributed by atoms with Crippen LogP contribution in [0.3, 0.4) is 0 Å². The fourth-order valence-electron chi connectivity index (χ4n) is 2.60. The molecule has 0 bridgehead atoms. The first kappa shape index (κ1) is 14.9. The molecule has 0 N–H and O–H groups in total. The van der Waals surface area contributed by atoms with Gasteiger partial charge in [0.05, 0.1) is 0 Å². The minimum Gasteiger partial charge on any atom is -0.279 e. The molecule has 0 saturated carbocycles. The number of thioether (sulfide) groups is 1. The second kappa shape index (κ2) is 6.84. The van der Waals surface area contributed by atoms with E-state index in [0.717, 1.165) is 34.2 Å². The number of nitrogens with zero attached hydrogens (tertiary/aromatic N) is 4. The summed E-state index contributed by atoms with van der Waals surface area (Å²) in [6, 6.07) is 20.6. The highest BCUT2D eigenvalue weighted by molar-refractivity contribution is 7.99. The summed E-state index contributed by atoms with van der Waals surface area (Å²) in [5.74, 6) is 1.81. The Hall–Kier alpha value is -2.66. The Bertz CT molecular complexity index is 935. The van der Waals surface area contributed by atoms with Crippen LogP contribution in [-0.2, 0) is 6.42 Å². The van der Waals surface area contributed by atoms with Crippen molar-refractivity contribution in [1.29, 1.82) is 0 Å². The van der Waals surface area contributed by atoms with E-state index in [1.54, 1.807) is 11.8 Å². The molecule has 0 aliphatic carbocycles. The Morgan fingerprint density at radius 1 is 0.875 bits per heavy atom. The summed E-state index contributed by atoms with van der Waals surface area (Å²) in [5.41, 5.74) is 3.20. The van der Waals surface area contributed by atoms with Crippen LogP contribution in [0.4, 0.5) is 0 Å². The Kier molecular flexibility index (Phi) is 4.25. The maximum atomic E-state index is 4.48. The van der Waals surface area contributed by atoms with Gasteiger partial charge >= 0.3 is 0 Å². The van der Waals surface area contributed by atoms with Gasteiger partial charge in [-0.25, -0.2) is 4.98 Å². The van der Waals surface area contributed by atoms with Crippen molar-refractivity contribution in [2.24, 2.45) is 0 Å². The number of rotatable bonds is 5. The second-order valence-corrected chi connectivity index (χ2v) is 6.48. The van der Waals surface area contributed by atoms with Crippen LogP contribution in [-0.4, -0.2) is 25.3 Å². The summed E-state index contributed by atoms with van der Waals surface area (Å²) in [7, 11) is 0. The molecule has 4 nitrogen and oxygen atoms in total. The fraction of sp³-hybridized carbons (Fsp3) is 0.105. The van der Waals surface area contributed by atoms with E-state index in [2.05, 4.69) is 39.4 Å². The third-order valence-corrected chi connectivity index (χ3v) is 4.77. The molecule has 24 heavy (non-hydrogen) atoms. The van der Waals surface area contributed by atoms with E-state index in [4.69, 9.17) is 0 Å². The van der Waals surface area contributed by atoms with E-state index in [1.807, 2.05) is 53.2 Å². The Morgan fingerprint density at radius 3 is 2.42 bits per heavy atom. The van der Waals surface area contributed by atoms with Crippen molar-refractivity contribution in [1.82, 2.24) is 19.6 Å². The Labute approximate surface area is 144 Å². The van der Waals surface area contributed by atoms with Crippen molar-refractivity contribution in [3.05, 3.63) is 78.6 Å². The Morgan fingerprint density at radius 2 is 1.62 bits per heavy atom. The lowest BCUT2D eigenvalue weighted by Crippen LogP contribution is -1.94. The molecule has 118 valence electrons. The van der Waals surface area contributed by atoms with Gasteiger partial charge in [0.15, 0.2) is 11.5 Å². The topological polar surface area (TPSA) is 43.1 Å². The van der Waals surface area contributed by atoms with Crippen LogP contribution in [0.1, 0.15) is 5.56 Å². The summed E-state index contributed by atoms with van der Waals surface area (Å²) in [5, 5.41) is 9.62. The van der Waals surface area contributed by atoms with Crippen LogP contribution >= 0.6 is 11.8 Å². The maximum Gasteiger partial charge on any atom is 0.193 e. The molecule has 0 amide bonds. The highest BCUT2D eigenvalue weighted by Crippen LogP contribution is 2.24. The zero-order chi connectivity index (χ0) is 16.2. The molecule has 0 saturated heterocycles. The van der Waals surface area contributed by atoms with E-state index in [1.165, 1.54) is 5.56 Å². The number of hydrogen-bond acceptors (Lipinski definition) is 4. The lowest BCUT2D eigenvalue weighted by molar-refractivity contribution is 1.03. The number of aryl methyl sites for hydroxylation is 1. The van der Waals surface area contributed by atoms with Crippen LogP contribution in [0.25, 0.3) is 17.0 Å². The molecule has 0 atom stereocenters. The molecule has 0 fully saturated rings. The van der Waals surface area contributed by atoms with Gasteiger partial charge in [-0.1, -0.05) is 60.7 Å². The highest BCUT2D eigenvalue weighted by atomic mass is 32.2. The first-order chi connectivity index (χ1) is 11.9. The SMILES string of the molecule is c1ccc(CCSc2nccn3c(-c4ccccc4)nnc23)cc1. The number of hydrogen-bond donors (Lipinski definition) is 0. The predicted octanol–water partition coefficient (Wildman–Crippen LogP) is 4.13. The van der Waals surface area contributed by atoms with E-state index in [9.17, 15) is 0 Å². The lowest BCUT2D eigenvalue weighted by Gasteiger charge is -2.04. The Balaban J connectivity index is 1.57. The van der Waals surface area contributed by atoms with Gasteiger partial charge in [0.2, 0.25) is 0 Å². The van der Waals surface area contributed by atoms with E-state index >= 15 is 0 Å². The van der Waals surface area contributed by atoms with Gasteiger partial charge < -0.3 is 0 Å². The monoisotopic (exact) mass is 332 g/mol. The normalized spacial score (nSPS) is 11.0. The van der Waals surface area contributed by atoms with Gasteiger partial charge in [-0.2, -0.15) is 0 Å². The molecule has 5 heteroatoms. The number of aromatic nitrogens is 4. The van der Waals surface area contributed by atoms with E-state index < -0.39 is 0 Å². The molecule has 0 spiro atoms. The van der Waals surface area contributed by atoms with Gasteiger partial charge in [-0.15, -0.1) is 22.0 Å². The number of benzene rings is 2. The van der Waals surface area contributed by atoms with Gasteiger partial charge in [0.25, 0.3) is 0 Å². The van der Waals surface area contributed by atoms with Gasteiger partial charge in [-0.05, 0) is 12.0 Å². The average Bonchev–Trinajstić information content (AvgIpc) is 3.08. The van der Waals surface area contributed by atoms with Crippen molar-refractivity contribution in [3.8, 4) is 11.4 Å². The molecule has 0 radical (unpaired) electrons. The molecular formula is C19H16N4S. The highest BCUT2D eigenvalue weighted by Gasteiger charge is 2.12. The van der Waals surface area contributed by atoms with Crippen LogP contribution in [0.15, 0.2) is 78.1 Å². The molecule has 2 heterocycles. The zero-order valence-corrected chi connectivity index (χ0v) is 13.9. The quantitative estimate of drug-likeness (QED) is 0.516. The first-order valence-electron chi connectivity index (χ1n) is 7.84. The fourth-order valence-corrected chi connectivity index (χ4v) is 3.53. The molecule has 0 aliphatic heterocycles. The maximum absolute atomic E-state index is 4.48. The van der Waals surface area contributed by atoms with Crippen molar-refractivity contribution in [2.75, 3.05) is 5.75 Å². The standard InChI is InChI=1S/C19H16N4S/c1-3-7-15(8-4-1)11-14-24-19-18-22-21-17(23(18)13-12-20-19)16-9-5-2-6-10-16/h1-10,12-13H,11,14H2. The number of fused-ring (bicyclic) bond motifs is 1. The predicted molar refractivity (Wildman–Crippen MR) is 97.1 cm³/mol. The largest absolute Gasteiger partial charge is 0.279 e. The zero-order valence-electron chi connectivity index (χ0n) is 13.0. The van der Waals surface area contributed by atoms with Gasteiger partial charge in [-0.3, -0.25) is 4.40 Å². The molecular weight excluding hydrogens is 316 g/mol. The third-order valence-electron chi connectivity index (χ3n) is 3.80. The van der Waals surface area contributed by atoms with Crippen molar-refractivity contribution >= 4 is 17.4 Å². The van der Waals surface area contributed by atoms with Gasteiger partial charge in [0.1, 0.15) is 5.03 Å². The minimum atomic E-state index is 0.814. The van der Waals surface area contributed by atoms with Crippen LogP contribution in [0.5, 0.6) is 0 Å². The van der Waals surface area contributed by atoms with E-state index in [0.29, 0.717) is 0 Å². The minimum absolute atomic E-state index is 0.814. The summed E-state index contributed by atoms with van der Waals surface area (Å²) in [4.78, 5) is 4.48. The molecule has 2 aromatic heterocycles. The summed E-state index contributed by atoms with van der Waals surface area (Å²) in [6.45, 7) is 0. The van der Waals surface area contributed by atoms with Crippen LogP contribution < -0.4 is 0 Å². The van der Waals surface area contributed by atoms with Crippen molar-refractivity contribution < 1.29 is 0 Å². The third kappa shape index (κ3) is 3.03. The van der Waals surface area contributed by atoms with Crippen LogP contribution in [0, 0.1) is 0 Å². The lowest BCUT2D eigenvalue weighted by atomic mass is 10.2. The van der Waals surface area contributed by atoms with Gasteiger partial charge in [0, 0.05) is 23.7 Å². The summed E-state index contributed by atoms with van der Waals surface area (Å²) in [6.07, 6.45) is 4.74. The molecule has 4 rings (SSSR count).